The van der Waals surface area contributed by atoms with E-state index in [0.717, 1.165) is 18.4 Å². The molecule has 1 heterocycles. The number of hydrogen-bond donors (Lipinski definition) is 0. The maximum atomic E-state index is 13.9. The van der Waals surface area contributed by atoms with Crippen molar-refractivity contribution in [3.63, 3.8) is 0 Å². The first-order valence-electron chi connectivity index (χ1n) is 18.4. The molecule has 274 valence electrons. The highest BCUT2D eigenvalue weighted by atomic mass is 28.4. The Balaban J connectivity index is 1.57. The van der Waals surface area contributed by atoms with E-state index in [1.54, 1.807) is 13.8 Å². The average Bonchev–Trinajstić information content (AvgIpc) is 2.95. The van der Waals surface area contributed by atoms with Crippen LogP contribution in [-0.2, 0) is 27.9 Å². The van der Waals surface area contributed by atoms with Gasteiger partial charge < -0.3 is 23.1 Å². The van der Waals surface area contributed by atoms with E-state index in [-0.39, 0.29) is 64.2 Å². The molecule has 0 radical (unpaired) electrons. The second-order valence-corrected chi connectivity index (χ2v) is 27.7. The van der Waals surface area contributed by atoms with Crippen LogP contribution < -0.4 is 4.74 Å². The SMILES string of the molecule is CC1C=CC2=CC(O[Si](C)(C)C(C)(C)C)CC(OC(=O)C(C)(C)Oc3ccccc3)C2C1CCC1CC(O[Si](C)(C)C(C)(C)C)CC(=O)O1. The molecule has 1 fully saturated rings. The Morgan fingerprint density at radius 1 is 0.878 bits per heavy atom. The van der Waals surface area contributed by atoms with Crippen molar-refractivity contribution >= 4 is 28.6 Å². The lowest BCUT2D eigenvalue weighted by atomic mass is 9.66. The van der Waals surface area contributed by atoms with Crippen molar-refractivity contribution < 1.29 is 32.7 Å². The van der Waals surface area contributed by atoms with E-state index in [0.29, 0.717) is 25.0 Å². The number of para-hydroxylation sites is 1. The van der Waals surface area contributed by atoms with Crippen molar-refractivity contribution in [1.82, 2.24) is 0 Å². The summed E-state index contributed by atoms with van der Waals surface area (Å²) in [4.78, 5) is 26.7. The molecule has 0 bridgehead atoms. The Morgan fingerprint density at radius 3 is 2.10 bits per heavy atom. The predicted molar refractivity (Wildman–Crippen MR) is 202 cm³/mol. The Kier molecular flexibility index (Phi) is 12.0. The highest BCUT2D eigenvalue weighted by molar-refractivity contribution is 6.74. The van der Waals surface area contributed by atoms with Gasteiger partial charge in [-0.1, -0.05) is 84.9 Å². The fourth-order valence-corrected chi connectivity index (χ4v) is 9.44. The van der Waals surface area contributed by atoms with Crippen LogP contribution in [0.5, 0.6) is 5.75 Å². The lowest BCUT2D eigenvalue weighted by Gasteiger charge is -2.46. The molecule has 4 rings (SSSR count). The van der Waals surface area contributed by atoms with Crippen LogP contribution in [0.2, 0.25) is 36.3 Å². The first-order valence-corrected chi connectivity index (χ1v) is 24.2. The van der Waals surface area contributed by atoms with E-state index >= 15 is 0 Å². The number of benzene rings is 1. The zero-order chi connectivity index (χ0) is 36.6. The van der Waals surface area contributed by atoms with Gasteiger partial charge in [-0.05, 0) is 92.5 Å². The second kappa shape index (κ2) is 14.8. The van der Waals surface area contributed by atoms with Crippen molar-refractivity contribution in [3.8, 4) is 5.75 Å². The third-order valence-corrected chi connectivity index (χ3v) is 20.8. The van der Waals surface area contributed by atoms with Crippen LogP contribution in [0.4, 0.5) is 0 Å². The number of allylic oxidation sites excluding steroid dienone is 2. The minimum Gasteiger partial charge on any atom is -0.476 e. The van der Waals surface area contributed by atoms with Gasteiger partial charge in [0, 0.05) is 18.8 Å². The standard InChI is InChI=1S/C40H64O7Si2/c1-27-19-20-28-23-31(46-48(10,11)38(2,3)4)25-34(44-37(42)40(8,9)45-29-17-15-14-16-18-29)36(28)33(27)22-21-30-24-32(26-35(41)43-30)47-49(12,13)39(5,6)7/h14-20,23,27,30-34,36H,21-22,24-26H2,1-13H3. The van der Waals surface area contributed by atoms with Crippen LogP contribution in [0.25, 0.3) is 0 Å². The zero-order valence-corrected chi connectivity index (χ0v) is 34.6. The van der Waals surface area contributed by atoms with Crippen molar-refractivity contribution in [2.45, 2.75) is 161 Å². The summed E-state index contributed by atoms with van der Waals surface area (Å²) in [6.45, 7) is 28.2. The van der Waals surface area contributed by atoms with Crippen molar-refractivity contribution in [2.24, 2.45) is 17.8 Å². The van der Waals surface area contributed by atoms with Gasteiger partial charge in [-0.2, -0.15) is 0 Å². The van der Waals surface area contributed by atoms with Crippen LogP contribution in [0, 0.1) is 17.8 Å². The van der Waals surface area contributed by atoms with E-state index < -0.39 is 22.2 Å². The maximum absolute atomic E-state index is 13.9. The molecule has 0 spiro atoms. The first kappa shape index (κ1) is 39.6. The lowest BCUT2D eigenvalue weighted by Crippen LogP contribution is -2.50. The molecule has 49 heavy (non-hydrogen) atoms. The summed E-state index contributed by atoms with van der Waals surface area (Å²) in [5.74, 6) is 0.510. The van der Waals surface area contributed by atoms with E-state index in [2.05, 4.69) is 92.9 Å². The summed E-state index contributed by atoms with van der Waals surface area (Å²) in [6.07, 6.45) is 9.11. The molecule has 3 aliphatic rings. The molecule has 7 unspecified atom stereocenters. The molecule has 0 saturated carbocycles. The van der Waals surface area contributed by atoms with Crippen LogP contribution in [0.1, 0.15) is 94.4 Å². The summed E-state index contributed by atoms with van der Waals surface area (Å²) in [5, 5.41) is 0.111. The number of ether oxygens (including phenoxy) is 3. The van der Waals surface area contributed by atoms with E-state index in [9.17, 15) is 9.59 Å². The first-order chi connectivity index (χ1) is 22.5. The van der Waals surface area contributed by atoms with Gasteiger partial charge in [-0.25, -0.2) is 4.79 Å². The quantitative estimate of drug-likeness (QED) is 0.167. The molecule has 1 saturated heterocycles. The van der Waals surface area contributed by atoms with Crippen molar-refractivity contribution in [1.29, 1.82) is 0 Å². The molecule has 9 heteroatoms. The molecule has 1 aromatic rings. The Bertz CT molecular complexity index is 1370. The third-order valence-electron chi connectivity index (χ3n) is 11.8. The number of rotatable bonds is 11. The van der Waals surface area contributed by atoms with Gasteiger partial charge in [-0.15, -0.1) is 0 Å². The number of carbonyl (C=O) groups excluding carboxylic acids is 2. The largest absolute Gasteiger partial charge is 0.476 e. The lowest BCUT2D eigenvalue weighted by molar-refractivity contribution is -0.171. The van der Waals surface area contributed by atoms with Gasteiger partial charge in [0.2, 0.25) is 0 Å². The van der Waals surface area contributed by atoms with E-state index in [1.807, 2.05) is 30.3 Å². The van der Waals surface area contributed by atoms with Crippen molar-refractivity contribution in [2.75, 3.05) is 0 Å². The molecule has 0 amide bonds. The minimum atomic E-state index is -2.11. The van der Waals surface area contributed by atoms with Gasteiger partial charge in [0.15, 0.2) is 22.2 Å². The van der Waals surface area contributed by atoms with Crippen molar-refractivity contribution in [3.05, 3.63) is 54.1 Å². The number of hydrogen-bond acceptors (Lipinski definition) is 7. The van der Waals surface area contributed by atoms with E-state index in [1.165, 1.54) is 0 Å². The summed E-state index contributed by atoms with van der Waals surface area (Å²) in [6, 6.07) is 9.41. The van der Waals surface area contributed by atoms with Gasteiger partial charge in [0.05, 0.1) is 18.6 Å². The molecule has 0 N–H and O–H groups in total. The number of cyclic esters (lactones) is 1. The highest BCUT2D eigenvalue weighted by Crippen LogP contribution is 2.47. The topological polar surface area (TPSA) is 80.3 Å². The molecule has 7 atom stereocenters. The second-order valence-electron chi connectivity index (χ2n) is 18.2. The summed E-state index contributed by atoms with van der Waals surface area (Å²) in [7, 11) is -4.14. The smallest absolute Gasteiger partial charge is 0.350 e. The zero-order valence-electron chi connectivity index (χ0n) is 32.6. The minimum absolute atomic E-state index is 0.00527. The molecule has 7 nitrogen and oxygen atoms in total. The number of fused-ring (bicyclic) bond motifs is 1. The summed E-state index contributed by atoms with van der Waals surface area (Å²) >= 11 is 0. The van der Waals surface area contributed by atoms with E-state index in [4.69, 9.17) is 23.1 Å². The van der Waals surface area contributed by atoms with Gasteiger partial charge in [0.1, 0.15) is 18.0 Å². The van der Waals surface area contributed by atoms with Crippen LogP contribution in [-0.4, -0.2) is 58.6 Å². The molecular weight excluding hydrogens is 649 g/mol. The van der Waals surface area contributed by atoms with Gasteiger partial charge in [-0.3, -0.25) is 4.79 Å². The maximum Gasteiger partial charge on any atom is 0.350 e. The number of esters is 2. The fourth-order valence-electron chi connectivity index (χ4n) is 6.79. The molecular formula is C40H64O7Si2. The molecule has 1 aliphatic heterocycles. The Hall–Kier alpha value is -2.21. The van der Waals surface area contributed by atoms with Crippen LogP contribution in [0.15, 0.2) is 54.1 Å². The molecule has 2 aliphatic carbocycles. The highest BCUT2D eigenvalue weighted by Gasteiger charge is 2.48. The predicted octanol–water partition coefficient (Wildman–Crippen LogP) is 9.79. The van der Waals surface area contributed by atoms with Crippen LogP contribution >= 0.6 is 0 Å². The molecule has 1 aromatic carbocycles. The molecule has 0 aromatic heterocycles. The summed E-state index contributed by atoms with van der Waals surface area (Å²) < 4.78 is 32.2. The fraction of sp³-hybridized carbons (Fsp3) is 0.700. The Morgan fingerprint density at radius 2 is 1.49 bits per heavy atom. The monoisotopic (exact) mass is 712 g/mol. The van der Waals surface area contributed by atoms with Crippen LogP contribution in [0.3, 0.4) is 0 Å². The Labute approximate surface area is 298 Å². The van der Waals surface area contributed by atoms with Gasteiger partial charge >= 0.3 is 11.9 Å². The van der Waals surface area contributed by atoms with Gasteiger partial charge in [0.25, 0.3) is 0 Å². The number of carbonyl (C=O) groups is 2. The summed E-state index contributed by atoms with van der Waals surface area (Å²) in [5.41, 5.74) is -0.0167. The average molecular weight is 713 g/mol. The third kappa shape index (κ3) is 9.77. The normalized spacial score (nSPS) is 28.3.